The number of rotatable bonds is 3. The molecule has 1 rings (SSSR count). The predicted octanol–water partition coefficient (Wildman–Crippen LogP) is 2.01. The first kappa shape index (κ1) is 12.0. The fourth-order valence-electron chi connectivity index (χ4n) is 1.38. The van der Waals surface area contributed by atoms with Crippen LogP contribution in [0.3, 0.4) is 0 Å². The lowest BCUT2D eigenvalue weighted by Crippen LogP contribution is -2.12. The molecule has 0 amide bonds. The Morgan fingerprint density at radius 3 is 2.40 bits per heavy atom. The van der Waals surface area contributed by atoms with Crippen molar-refractivity contribution in [2.24, 2.45) is 5.92 Å². The lowest BCUT2D eigenvalue weighted by molar-refractivity contribution is 0.582. The van der Waals surface area contributed by atoms with Crippen LogP contribution in [-0.4, -0.2) is 14.2 Å². The minimum atomic E-state index is -3.15. The smallest absolute Gasteiger partial charge is 0.178 e. The summed E-state index contributed by atoms with van der Waals surface area (Å²) in [6.45, 7) is 5.59. The van der Waals surface area contributed by atoms with Crippen molar-refractivity contribution in [3.8, 4) is 0 Å². The number of hydrogen-bond donors (Lipinski definition) is 1. The van der Waals surface area contributed by atoms with Gasteiger partial charge in [-0.1, -0.05) is 13.8 Å². The van der Waals surface area contributed by atoms with Crippen LogP contribution in [0.25, 0.3) is 0 Å². The van der Waals surface area contributed by atoms with Crippen molar-refractivity contribution in [2.75, 3.05) is 11.5 Å². The summed E-state index contributed by atoms with van der Waals surface area (Å²) >= 11 is 0. The SMILES string of the molecule is Cc1cc(S(=O)(=O)CC(C)C)ccc1N. The highest BCUT2D eigenvalue weighted by Crippen LogP contribution is 2.19. The Hall–Kier alpha value is -1.03. The molecular formula is C11H17NO2S. The molecule has 1 aromatic carbocycles. The normalized spacial score (nSPS) is 12.0. The molecule has 0 atom stereocenters. The van der Waals surface area contributed by atoms with Gasteiger partial charge < -0.3 is 5.73 Å². The number of hydrogen-bond acceptors (Lipinski definition) is 3. The van der Waals surface area contributed by atoms with E-state index in [2.05, 4.69) is 0 Å². The Morgan fingerprint density at radius 1 is 1.33 bits per heavy atom. The summed E-state index contributed by atoms with van der Waals surface area (Å²) < 4.78 is 23.7. The largest absolute Gasteiger partial charge is 0.399 e. The second-order valence-electron chi connectivity index (χ2n) is 4.19. The average molecular weight is 227 g/mol. The number of benzene rings is 1. The van der Waals surface area contributed by atoms with Gasteiger partial charge in [-0.25, -0.2) is 8.42 Å². The first-order valence-electron chi connectivity index (χ1n) is 4.92. The van der Waals surface area contributed by atoms with Crippen LogP contribution in [0.2, 0.25) is 0 Å². The molecule has 84 valence electrons. The van der Waals surface area contributed by atoms with E-state index in [0.717, 1.165) is 5.56 Å². The monoisotopic (exact) mass is 227 g/mol. The third-order valence-corrected chi connectivity index (χ3v) is 4.23. The molecule has 4 heteroatoms. The van der Waals surface area contributed by atoms with Gasteiger partial charge in [-0.2, -0.15) is 0 Å². The first-order chi connectivity index (χ1) is 6.83. The molecule has 0 bridgehead atoms. The summed E-state index contributed by atoms with van der Waals surface area (Å²) in [5.74, 6) is 0.309. The lowest BCUT2D eigenvalue weighted by atomic mass is 10.2. The molecule has 0 spiro atoms. The van der Waals surface area contributed by atoms with Gasteiger partial charge in [-0.05, 0) is 36.6 Å². The van der Waals surface area contributed by atoms with Crippen molar-refractivity contribution in [3.63, 3.8) is 0 Å². The molecule has 1 aromatic rings. The molecule has 0 aliphatic heterocycles. The van der Waals surface area contributed by atoms with Crippen LogP contribution in [-0.2, 0) is 9.84 Å². The van der Waals surface area contributed by atoms with Crippen molar-refractivity contribution < 1.29 is 8.42 Å². The van der Waals surface area contributed by atoms with E-state index >= 15 is 0 Å². The molecule has 0 radical (unpaired) electrons. The van der Waals surface area contributed by atoms with Crippen LogP contribution in [0.4, 0.5) is 5.69 Å². The summed E-state index contributed by atoms with van der Waals surface area (Å²) in [5, 5.41) is 0. The van der Waals surface area contributed by atoms with E-state index in [9.17, 15) is 8.42 Å². The predicted molar refractivity (Wildman–Crippen MR) is 62.5 cm³/mol. The number of nitrogen functional groups attached to an aromatic ring is 1. The van der Waals surface area contributed by atoms with Gasteiger partial charge in [-0.3, -0.25) is 0 Å². The highest BCUT2D eigenvalue weighted by molar-refractivity contribution is 7.91. The molecule has 15 heavy (non-hydrogen) atoms. The Kier molecular flexibility index (Phi) is 3.39. The molecule has 0 aliphatic rings. The Morgan fingerprint density at radius 2 is 1.93 bits per heavy atom. The average Bonchev–Trinajstić information content (AvgIpc) is 2.07. The summed E-state index contributed by atoms with van der Waals surface area (Å²) in [6, 6.07) is 4.84. The van der Waals surface area contributed by atoms with E-state index in [1.807, 2.05) is 20.8 Å². The summed E-state index contributed by atoms with van der Waals surface area (Å²) in [5.41, 5.74) is 7.07. The zero-order valence-corrected chi connectivity index (χ0v) is 10.1. The van der Waals surface area contributed by atoms with E-state index in [4.69, 9.17) is 5.73 Å². The van der Waals surface area contributed by atoms with Crippen LogP contribution in [0, 0.1) is 12.8 Å². The summed E-state index contributed by atoms with van der Waals surface area (Å²) in [6.07, 6.45) is 0. The molecule has 0 aliphatic carbocycles. The zero-order chi connectivity index (χ0) is 11.6. The van der Waals surface area contributed by atoms with Crippen LogP contribution in [0.5, 0.6) is 0 Å². The highest BCUT2D eigenvalue weighted by Gasteiger charge is 2.16. The maximum absolute atomic E-state index is 11.9. The maximum atomic E-state index is 11.9. The standard InChI is InChI=1S/C11H17NO2S/c1-8(2)7-15(13,14)10-4-5-11(12)9(3)6-10/h4-6,8H,7,12H2,1-3H3. The van der Waals surface area contributed by atoms with Gasteiger partial charge in [0.15, 0.2) is 9.84 Å². The Labute approximate surface area is 91.2 Å². The Bertz CT molecular complexity index is 450. The maximum Gasteiger partial charge on any atom is 0.178 e. The van der Waals surface area contributed by atoms with E-state index < -0.39 is 9.84 Å². The van der Waals surface area contributed by atoms with Crippen molar-refractivity contribution in [1.82, 2.24) is 0 Å². The van der Waals surface area contributed by atoms with Crippen LogP contribution in [0.15, 0.2) is 23.1 Å². The van der Waals surface area contributed by atoms with Gasteiger partial charge >= 0.3 is 0 Å². The molecule has 0 heterocycles. The van der Waals surface area contributed by atoms with Crippen molar-refractivity contribution in [1.29, 1.82) is 0 Å². The minimum Gasteiger partial charge on any atom is -0.399 e. The van der Waals surface area contributed by atoms with Gasteiger partial charge in [0.05, 0.1) is 10.6 Å². The first-order valence-corrected chi connectivity index (χ1v) is 6.57. The molecule has 3 nitrogen and oxygen atoms in total. The molecule has 0 unspecified atom stereocenters. The number of nitrogens with two attached hydrogens (primary N) is 1. The van der Waals surface area contributed by atoms with Crippen LogP contribution < -0.4 is 5.73 Å². The third-order valence-electron chi connectivity index (χ3n) is 2.15. The van der Waals surface area contributed by atoms with Gasteiger partial charge in [0.2, 0.25) is 0 Å². The second-order valence-corrected chi connectivity index (χ2v) is 6.23. The van der Waals surface area contributed by atoms with Gasteiger partial charge in [0.1, 0.15) is 0 Å². The minimum absolute atomic E-state index is 0.132. The van der Waals surface area contributed by atoms with E-state index in [1.165, 1.54) is 0 Å². The van der Waals surface area contributed by atoms with Crippen LogP contribution in [0.1, 0.15) is 19.4 Å². The summed E-state index contributed by atoms with van der Waals surface area (Å²) in [7, 11) is -3.15. The molecular weight excluding hydrogens is 210 g/mol. The quantitative estimate of drug-likeness (QED) is 0.803. The highest BCUT2D eigenvalue weighted by atomic mass is 32.2. The number of anilines is 1. The van der Waals surface area contributed by atoms with Gasteiger partial charge in [0.25, 0.3) is 0 Å². The fourth-order valence-corrected chi connectivity index (χ4v) is 3.08. The van der Waals surface area contributed by atoms with Crippen LogP contribution >= 0.6 is 0 Å². The molecule has 0 aromatic heterocycles. The second kappa shape index (κ2) is 4.23. The van der Waals surface area contributed by atoms with Gasteiger partial charge in [-0.15, -0.1) is 0 Å². The van der Waals surface area contributed by atoms with Crippen molar-refractivity contribution >= 4 is 15.5 Å². The molecule has 0 saturated heterocycles. The number of aryl methyl sites for hydroxylation is 1. The lowest BCUT2D eigenvalue weighted by Gasteiger charge is -2.08. The van der Waals surface area contributed by atoms with Gasteiger partial charge in [0, 0.05) is 5.69 Å². The molecule has 2 N–H and O–H groups in total. The fraction of sp³-hybridized carbons (Fsp3) is 0.455. The van der Waals surface area contributed by atoms with Crippen molar-refractivity contribution in [2.45, 2.75) is 25.7 Å². The zero-order valence-electron chi connectivity index (χ0n) is 9.32. The van der Waals surface area contributed by atoms with Crippen molar-refractivity contribution in [3.05, 3.63) is 23.8 Å². The molecule has 0 fully saturated rings. The van der Waals surface area contributed by atoms with E-state index in [-0.39, 0.29) is 11.7 Å². The third kappa shape index (κ3) is 2.96. The van der Waals surface area contributed by atoms with E-state index in [1.54, 1.807) is 18.2 Å². The summed E-state index contributed by atoms with van der Waals surface area (Å²) in [4.78, 5) is 0.364. The molecule has 0 saturated carbocycles. The Balaban J connectivity index is 3.11. The topological polar surface area (TPSA) is 60.2 Å². The van der Waals surface area contributed by atoms with E-state index in [0.29, 0.717) is 10.6 Å². The number of sulfone groups is 1.